The fourth-order valence-electron chi connectivity index (χ4n) is 3.10. The number of hydrogen-bond donors (Lipinski definition) is 0. The first-order chi connectivity index (χ1) is 14.2. The number of benzene rings is 2. The first-order valence-electron chi connectivity index (χ1n) is 9.52. The van der Waals surface area contributed by atoms with Crippen molar-refractivity contribution in [2.75, 3.05) is 6.54 Å². The molecule has 0 amide bonds. The molecular weight excluding hydrogens is 388 g/mol. The second-order valence-corrected chi connectivity index (χ2v) is 7.11. The van der Waals surface area contributed by atoms with Crippen molar-refractivity contribution in [3.63, 3.8) is 0 Å². The molecule has 148 valence electrons. The zero-order chi connectivity index (χ0) is 20.1. The zero-order valence-corrected chi connectivity index (χ0v) is 16.8. The molecule has 4 aromatic rings. The van der Waals surface area contributed by atoms with E-state index in [2.05, 4.69) is 27.0 Å². The van der Waals surface area contributed by atoms with Gasteiger partial charge in [-0.2, -0.15) is 0 Å². The van der Waals surface area contributed by atoms with Crippen LogP contribution in [0.1, 0.15) is 24.9 Å². The first-order valence-corrected chi connectivity index (χ1v) is 9.90. The van der Waals surface area contributed by atoms with Gasteiger partial charge in [0.05, 0.1) is 22.8 Å². The fraction of sp³-hybridized carbons (Fsp3) is 0.227. The van der Waals surface area contributed by atoms with Crippen LogP contribution in [0.4, 0.5) is 0 Å². The highest BCUT2D eigenvalue weighted by Crippen LogP contribution is 2.26. The van der Waals surface area contributed by atoms with Gasteiger partial charge >= 0.3 is 0 Å². The molecule has 4 rings (SSSR count). The summed E-state index contributed by atoms with van der Waals surface area (Å²) in [5, 5.41) is 8.93. The largest absolute Gasteiger partial charge is 0.444 e. The third-order valence-electron chi connectivity index (χ3n) is 4.43. The van der Waals surface area contributed by atoms with E-state index in [9.17, 15) is 0 Å². The van der Waals surface area contributed by atoms with Crippen LogP contribution in [-0.2, 0) is 13.1 Å². The van der Waals surface area contributed by atoms with E-state index in [4.69, 9.17) is 20.4 Å². The van der Waals surface area contributed by atoms with Crippen LogP contribution in [0.5, 0.6) is 0 Å². The van der Waals surface area contributed by atoms with Crippen molar-refractivity contribution in [3.8, 4) is 22.9 Å². The smallest absolute Gasteiger partial charge is 0.249 e. The Morgan fingerprint density at radius 1 is 0.931 bits per heavy atom. The summed E-state index contributed by atoms with van der Waals surface area (Å²) in [4.78, 5) is 6.82. The summed E-state index contributed by atoms with van der Waals surface area (Å²) in [5.41, 5.74) is 2.56. The number of hydrogen-bond acceptors (Lipinski definition) is 6. The van der Waals surface area contributed by atoms with Crippen LogP contribution >= 0.6 is 11.6 Å². The van der Waals surface area contributed by atoms with Crippen molar-refractivity contribution in [2.24, 2.45) is 0 Å². The van der Waals surface area contributed by atoms with Gasteiger partial charge < -0.3 is 8.83 Å². The summed E-state index contributed by atoms with van der Waals surface area (Å²) < 4.78 is 11.5. The minimum absolute atomic E-state index is 0.426. The van der Waals surface area contributed by atoms with Crippen molar-refractivity contribution in [2.45, 2.75) is 26.4 Å². The molecule has 0 saturated heterocycles. The highest BCUT2D eigenvalue weighted by atomic mass is 35.5. The molecule has 2 heterocycles. The molecule has 0 aliphatic heterocycles. The van der Waals surface area contributed by atoms with E-state index in [1.165, 1.54) is 0 Å². The Balaban J connectivity index is 1.46. The number of nitrogens with zero attached hydrogens (tertiary/aromatic N) is 4. The molecule has 0 N–H and O–H groups in total. The van der Waals surface area contributed by atoms with Crippen LogP contribution in [0.15, 0.2) is 69.7 Å². The van der Waals surface area contributed by atoms with Crippen molar-refractivity contribution >= 4 is 11.6 Å². The third-order valence-corrected chi connectivity index (χ3v) is 4.76. The van der Waals surface area contributed by atoms with Gasteiger partial charge in [-0.25, -0.2) is 4.98 Å². The van der Waals surface area contributed by atoms with E-state index >= 15 is 0 Å². The average Bonchev–Trinajstić information content (AvgIpc) is 3.39. The fourth-order valence-corrected chi connectivity index (χ4v) is 3.32. The van der Waals surface area contributed by atoms with Crippen molar-refractivity contribution in [1.29, 1.82) is 0 Å². The molecule has 29 heavy (non-hydrogen) atoms. The summed E-state index contributed by atoms with van der Waals surface area (Å²) in [7, 11) is 0. The molecule has 0 aliphatic rings. The van der Waals surface area contributed by atoms with Gasteiger partial charge in [0.2, 0.25) is 17.7 Å². The molecule has 0 spiro atoms. The molecule has 0 atom stereocenters. The van der Waals surface area contributed by atoms with Gasteiger partial charge in [0.15, 0.2) is 0 Å². The highest BCUT2D eigenvalue weighted by Gasteiger charge is 2.16. The zero-order valence-electron chi connectivity index (χ0n) is 16.1. The molecule has 6 nitrogen and oxygen atoms in total. The van der Waals surface area contributed by atoms with Crippen LogP contribution < -0.4 is 0 Å². The molecule has 0 bridgehead atoms. The molecule has 2 aromatic heterocycles. The second-order valence-electron chi connectivity index (χ2n) is 6.70. The van der Waals surface area contributed by atoms with Gasteiger partial charge in [-0.1, -0.05) is 48.9 Å². The summed E-state index contributed by atoms with van der Waals surface area (Å²) in [6.45, 7) is 4.17. The minimum Gasteiger partial charge on any atom is -0.444 e. The van der Waals surface area contributed by atoms with Gasteiger partial charge in [-0.3, -0.25) is 4.90 Å². The Hall–Kier alpha value is -2.96. The maximum absolute atomic E-state index is 6.23. The topological polar surface area (TPSA) is 68.2 Å². The normalized spacial score (nSPS) is 11.3. The molecular formula is C22H21ClN4O2. The number of oxazole rings is 1. The second kappa shape index (κ2) is 9.03. The third kappa shape index (κ3) is 4.72. The SMILES string of the molecule is CCCN(Cc1coc(-c2ccccc2)n1)Cc1nnc(-c2ccccc2Cl)o1. The summed E-state index contributed by atoms with van der Waals surface area (Å²) >= 11 is 6.23. The lowest BCUT2D eigenvalue weighted by Gasteiger charge is -2.17. The maximum atomic E-state index is 6.23. The summed E-state index contributed by atoms with van der Waals surface area (Å²) in [6, 6.07) is 17.3. The van der Waals surface area contributed by atoms with Crippen LogP contribution in [0.3, 0.4) is 0 Å². The van der Waals surface area contributed by atoms with E-state index in [-0.39, 0.29) is 0 Å². The average molecular weight is 409 g/mol. The lowest BCUT2D eigenvalue weighted by molar-refractivity contribution is 0.229. The molecule has 0 unspecified atom stereocenters. The molecule has 2 aromatic carbocycles. The standard InChI is InChI=1S/C22H21ClN4O2/c1-2-12-27(13-17-15-28-21(24-17)16-8-4-3-5-9-16)14-20-25-26-22(29-20)18-10-6-7-11-19(18)23/h3-11,15H,2,12-14H2,1H3. The van der Waals surface area contributed by atoms with Crippen LogP contribution in [0.2, 0.25) is 5.02 Å². The number of aromatic nitrogens is 3. The van der Waals surface area contributed by atoms with Crippen molar-refractivity contribution < 1.29 is 8.83 Å². The van der Waals surface area contributed by atoms with Crippen molar-refractivity contribution in [3.05, 3.63) is 77.5 Å². The first kappa shape index (κ1) is 19.4. The maximum Gasteiger partial charge on any atom is 0.249 e. The van der Waals surface area contributed by atoms with E-state index < -0.39 is 0 Å². The minimum atomic E-state index is 0.426. The van der Waals surface area contributed by atoms with E-state index in [0.29, 0.717) is 35.8 Å². The Morgan fingerprint density at radius 2 is 1.72 bits per heavy atom. The van der Waals surface area contributed by atoms with Crippen LogP contribution in [0.25, 0.3) is 22.9 Å². The monoisotopic (exact) mass is 408 g/mol. The van der Waals surface area contributed by atoms with Crippen LogP contribution in [0, 0.1) is 0 Å². The Kier molecular flexibility index (Phi) is 6.03. The predicted octanol–water partition coefficient (Wildman–Crippen LogP) is 5.46. The number of halogens is 1. The molecule has 7 heteroatoms. The Morgan fingerprint density at radius 3 is 2.52 bits per heavy atom. The van der Waals surface area contributed by atoms with Gasteiger partial charge in [-0.15, -0.1) is 10.2 Å². The molecule has 0 saturated carbocycles. The predicted molar refractivity (Wildman–Crippen MR) is 111 cm³/mol. The lowest BCUT2D eigenvalue weighted by atomic mass is 10.2. The van der Waals surface area contributed by atoms with Crippen LogP contribution in [-0.4, -0.2) is 26.6 Å². The quantitative estimate of drug-likeness (QED) is 0.385. The van der Waals surface area contributed by atoms with Gasteiger partial charge in [0.25, 0.3) is 0 Å². The molecule has 0 fully saturated rings. The number of rotatable bonds is 8. The van der Waals surface area contributed by atoms with E-state index in [0.717, 1.165) is 29.8 Å². The van der Waals surface area contributed by atoms with Crippen molar-refractivity contribution in [1.82, 2.24) is 20.1 Å². The molecule has 0 aliphatic carbocycles. The highest BCUT2D eigenvalue weighted by molar-refractivity contribution is 6.33. The Bertz CT molecular complexity index is 1060. The Labute approximate surface area is 174 Å². The molecule has 0 radical (unpaired) electrons. The summed E-state index contributed by atoms with van der Waals surface area (Å²) in [5.74, 6) is 1.59. The van der Waals surface area contributed by atoms with Gasteiger partial charge in [-0.05, 0) is 37.2 Å². The van der Waals surface area contributed by atoms with Gasteiger partial charge in [0.1, 0.15) is 6.26 Å². The van der Waals surface area contributed by atoms with E-state index in [1.54, 1.807) is 12.3 Å². The summed E-state index contributed by atoms with van der Waals surface area (Å²) in [6.07, 6.45) is 2.70. The van der Waals surface area contributed by atoms with Gasteiger partial charge in [0, 0.05) is 12.1 Å². The lowest BCUT2D eigenvalue weighted by Crippen LogP contribution is -2.24. The van der Waals surface area contributed by atoms with E-state index in [1.807, 2.05) is 48.5 Å².